The average Bonchev–Trinajstić information content (AvgIpc) is 2.81. The van der Waals surface area contributed by atoms with Gasteiger partial charge in [-0.25, -0.2) is 9.97 Å². The van der Waals surface area contributed by atoms with Gasteiger partial charge >= 0.3 is 0 Å². The fourth-order valence-corrected chi connectivity index (χ4v) is 2.14. The molecule has 1 aromatic heterocycles. The van der Waals surface area contributed by atoms with Gasteiger partial charge in [-0.1, -0.05) is 12.1 Å². The summed E-state index contributed by atoms with van der Waals surface area (Å²) in [6.07, 6.45) is 2.45. The molecule has 86 valence electrons. The van der Waals surface area contributed by atoms with E-state index in [2.05, 4.69) is 16.0 Å². The van der Waals surface area contributed by atoms with E-state index in [1.807, 2.05) is 19.1 Å². The maximum atomic E-state index is 5.81. The summed E-state index contributed by atoms with van der Waals surface area (Å²) in [6, 6.07) is 6.13. The number of anilines is 1. The number of aromatic nitrogens is 2. The zero-order valence-electron chi connectivity index (χ0n) is 9.60. The first kappa shape index (κ1) is 10.1. The van der Waals surface area contributed by atoms with E-state index in [0.717, 1.165) is 35.6 Å². The van der Waals surface area contributed by atoms with E-state index in [1.54, 1.807) is 0 Å². The van der Waals surface area contributed by atoms with Gasteiger partial charge in [-0.2, -0.15) is 0 Å². The van der Waals surface area contributed by atoms with E-state index in [0.29, 0.717) is 5.82 Å². The average molecular weight is 227 g/mol. The first-order valence-corrected chi connectivity index (χ1v) is 5.59. The minimum Gasteiger partial charge on any atom is -0.492 e. The van der Waals surface area contributed by atoms with Crippen molar-refractivity contribution in [1.29, 1.82) is 0 Å². The molecule has 4 nitrogen and oxygen atoms in total. The number of hydrogen-bond acceptors (Lipinski definition) is 4. The highest BCUT2D eigenvalue weighted by atomic mass is 16.5. The second-order valence-electron chi connectivity index (χ2n) is 4.12. The van der Waals surface area contributed by atoms with Crippen molar-refractivity contribution < 1.29 is 4.74 Å². The molecular weight excluding hydrogens is 214 g/mol. The summed E-state index contributed by atoms with van der Waals surface area (Å²) in [5.74, 6) is 1.46. The van der Waals surface area contributed by atoms with Crippen molar-refractivity contribution in [3.05, 3.63) is 35.7 Å². The van der Waals surface area contributed by atoms with Crippen LogP contribution >= 0.6 is 0 Å². The Labute approximate surface area is 99.5 Å². The highest BCUT2D eigenvalue weighted by Crippen LogP contribution is 2.37. The summed E-state index contributed by atoms with van der Waals surface area (Å²) in [5, 5.41) is 0. The van der Waals surface area contributed by atoms with Gasteiger partial charge in [-0.05, 0) is 18.6 Å². The number of para-hydroxylation sites is 1. The second-order valence-corrected chi connectivity index (χ2v) is 4.12. The third-order valence-corrected chi connectivity index (χ3v) is 3.09. The number of benzene rings is 1. The van der Waals surface area contributed by atoms with Crippen molar-refractivity contribution in [2.24, 2.45) is 0 Å². The van der Waals surface area contributed by atoms with Crippen molar-refractivity contribution in [3.63, 3.8) is 0 Å². The number of nitrogen functional groups attached to an aromatic ring is 1. The fourth-order valence-electron chi connectivity index (χ4n) is 2.14. The third-order valence-electron chi connectivity index (χ3n) is 3.09. The molecule has 0 saturated carbocycles. The maximum Gasteiger partial charge on any atom is 0.132 e. The fraction of sp³-hybridized carbons (Fsp3) is 0.231. The Bertz CT molecular complexity index is 581. The Morgan fingerprint density at radius 3 is 3.06 bits per heavy atom. The van der Waals surface area contributed by atoms with Crippen LogP contribution in [0.2, 0.25) is 0 Å². The van der Waals surface area contributed by atoms with E-state index < -0.39 is 0 Å². The lowest BCUT2D eigenvalue weighted by Crippen LogP contribution is -1.99. The summed E-state index contributed by atoms with van der Waals surface area (Å²) in [5.41, 5.74) is 9.81. The van der Waals surface area contributed by atoms with Crippen LogP contribution in [0.4, 0.5) is 5.82 Å². The van der Waals surface area contributed by atoms with Crippen LogP contribution in [-0.2, 0) is 6.42 Å². The molecule has 2 aromatic rings. The van der Waals surface area contributed by atoms with E-state index in [1.165, 1.54) is 11.9 Å². The van der Waals surface area contributed by atoms with Gasteiger partial charge in [0.05, 0.1) is 12.3 Å². The van der Waals surface area contributed by atoms with E-state index in [-0.39, 0.29) is 0 Å². The van der Waals surface area contributed by atoms with Crippen molar-refractivity contribution in [2.75, 3.05) is 12.3 Å². The number of rotatable bonds is 1. The zero-order valence-corrected chi connectivity index (χ0v) is 9.60. The molecule has 17 heavy (non-hydrogen) atoms. The molecule has 3 rings (SSSR count). The van der Waals surface area contributed by atoms with Crippen molar-refractivity contribution in [1.82, 2.24) is 9.97 Å². The molecular formula is C13H13N3O. The highest BCUT2D eigenvalue weighted by Gasteiger charge is 2.19. The molecule has 0 unspecified atom stereocenters. The number of fused-ring (bicyclic) bond motifs is 1. The molecule has 2 N–H and O–H groups in total. The predicted molar refractivity (Wildman–Crippen MR) is 65.8 cm³/mol. The van der Waals surface area contributed by atoms with Crippen LogP contribution in [0.3, 0.4) is 0 Å². The Morgan fingerprint density at radius 1 is 1.29 bits per heavy atom. The molecule has 0 bridgehead atoms. The molecule has 1 aliphatic heterocycles. The Kier molecular flexibility index (Phi) is 2.21. The van der Waals surface area contributed by atoms with Crippen LogP contribution in [0.1, 0.15) is 11.1 Å². The molecule has 1 aliphatic rings. The number of ether oxygens (including phenoxy) is 1. The summed E-state index contributed by atoms with van der Waals surface area (Å²) in [6.45, 7) is 2.67. The maximum absolute atomic E-state index is 5.81. The standard InChI is InChI=1S/C13H13N3O/c1-8-11(15-7-16-13(8)14)10-4-2-3-9-5-6-17-12(9)10/h2-4,7H,5-6H2,1H3,(H2,14,15,16). The smallest absolute Gasteiger partial charge is 0.132 e. The lowest BCUT2D eigenvalue weighted by Gasteiger charge is -2.10. The normalized spacial score (nSPS) is 13.2. The van der Waals surface area contributed by atoms with Crippen molar-refractivity contribution in [3.8, 4) is 17.0 Å². The van der Waals surface area contributed by atoms with Crippen molar-refractivity contribution >= 4 is 5.82 Å². The highest BCUT2D eigenvalue weighted by molar-refractivity contribution is 5.74. The van der Waals surface area contributed by atoms with Crippen molar-refractivity contribution in [2.45, 2.75) is 13.3 Å². The van der Waals surface area contributed by atoms with Gasteiger partial charge in [-0.3, -0.25) is 0 Å². The van der Waals surface area contributed by atoms with Gasteiger partial charge in [-0.15, -0.1) is 0 Å². The molecule has 0 amide bonds. The third kappa shape index (κ3) is 1.53. The second kappa shape index (κ2) is 3.73. The molecule has 0 spiro atoms. The first-order valence-electron chi connectivity index (χ1n) is 5.59. The van der Waals surface area contributed by atoms with Crippen LogP contribution < -0.4 is 10.5 Å². The molecule has 2 heterocycles. The summed E-state index contributed by atoms with van der Waals surface area (Å²) in [4.78, 5) is 8.30. The van der Waals surface area contributed by atoms with Gasteiger partial charge in [0.15, 0.2) is 0 Å². The Balaban J connectivity index is 2.23. The van der Waals surface area contributed by atoms with E-state index >= 15 is 0 Å². The first-order chi connectivity index (χ1) is 8.27. The lowest BCUT2D eigenvalue weighted by atomic mass is 10.0. The SMILES string of the molecule is Cc1c(N)ncnc1-c1cccc2c1OCC2. The van der Waals surface area contributed by atoms with Gasteiger partial charge in [0.1, 0.15) is 17.9 Å². The summed E-state index contributed by atoms with van der Waals surface area (Å²) in [7, 11) is 0. The lowest BCUT2D eigenvalue weighted by molar-refractivity contribution is 0.358. The largest absolute Gasteiger partial charge is 0.492 e. The molecule has 0 fully saturated rings. The van der Waals surface area contributed by atoms with Gasteiger partial charge < -0.3 is 10.5 Å². The van der Waals surface area contributed by atoms with Crippen LogP contribution in [0.15, 0.2) is 24.5 Å². The topological polar surface area (TPSA) is 61.0 Å². The molecule has 4 heteroatoms. The molecule has 0 atom stereocenters. The van der Waals surface area contributed by atoms with Crippen LogP contribution in [-0.4, -0.2) is 16.6 Å². The van der Waals surface area contributed by atoms with Crippen LogP contribution in [0.25, 0.3) is 11.3 Å². The van der Waals surface area contributed by atoms with Gasteiger partial charge in [0, 0.05) is 17.5 Å². The molecule has 1 aromatic carbocycles. The van der Waals surface area contributed by atoms with E-state index in [4.69, 9.17) is 10.5 Å². The summed E-state index contributed by atoms with van der Waals surface area (Å²) >= 11 is 0. The van der Waals surface area contributed by atoms with Crippen LogP contribution in [0.5, 0.6) is 5.75 Å². The molecule has 0 aliphatic carbocycles. The molecule has 0 saturated heterocycles. The summed E-state index contributed by atoms with van der Waals surface area (Å²) < 4.78 is 5.68. The number of nitrogens with two attached hydrogens (primary N) is 1. The quantitative estimate of drug-likeness (QED) is 0.809. The van der Waals surface area contributed by atoms with Gasteiger partial charge in [0.25, 0.3) is 0 Å². The van der Waals surface area contributed by atoms with Gasteiger partial charge in [0.2, 0.25) is 0 Å². The monoisotopic (exact) mass is 227 g/mol. The predicted octanol–water partition coefficient (Wildman–Crippen LogP) is 1.97. The minimum absolute atomic E-state index is 0.519. The molecule has 0 radical (unpaired) electrons. The number of hydrogen-bond donors (Lipinski definition) is 1. The van der Waals surface area contributed by atoms with E-state index in [9.17, 15) is 0 Å². The Hall–Kier alpha value is -2.10. The number of nitrogens with zero attached hydrogens (tertiary/aromatic N) is 2. The Morgan fingerprint density at radius 2 is 2.18 bits per heavy atom. The minimum atomic E-state index is 0.519. The van der Waals surface area contributed by atoms with Crippen LogP contribution in [0, 0.1) is 6.92 Å². The zero-order chi connectivity index (χ0) is 11.8.